The summed E-state index contributed by atoms with van der Waals surface area (Å²) in [6.07, 6.45) is 3.95. The Labute approximate surface area is 164 Å². The normalized spacial score (nSPS) is 11.0. The van der Waals surface area contributed by atoms with Crippen LogP contribution in [-0.4, -0.2) is 22.0 Å². The molecule has 0 aliphatic carbocycles. The van der Waals surface area contributed by atoms with Gasteiger partial charge in [-0.3, -0.25) is 0 Å². The average Bonchev–Trinajstić information content (AvgIpc) is 3.17. The van der Waals surface area contributed by atoms with E-state index in [0.717, 1.165) is 34.0 Å². The number of phenols is 1. The van der Waals surface area contributed by atoms with Gasteiger partial charge in [0.15, 0.2) is 0 Å². The molecule has 0 bridgehead atoms. The van der Waals surface area contributed by atoms with Crippen LogP contribution in [0.5, 0.6) is 11.5 Å². The van der Waals surface area contributed by atoms with Crippen LogP contribution in [0.4, 0.5) is 0 Å². The monoisotopic (exact) mass is 368 g/mol. The highest BCUT2D eigenvalue weighted by Crippen LogP contribution is 2.31. The Morgan fingerprint density at radius 3 is 2.43 bits per heavy atom. The molecule has 4 aromatic rings. The van der Waals surface area contributed by atoms with E-state index in [1.807, 2.05) is 95.7 Å². The minimum absolute atomic E-state index is 0.225. The van der Waals surface area contributed by atoms with E-state index in [2.05, 4.69) is 0 Å². The number of hydrogen-bond acceptors (Lipinski definition) is 3. The van der Waals surface area contributed by atoms with Gasteiger partial charge < -0.3 is 9.84 Å². The Hall–Kier alpha value is -3.79. The molecule has 1 N–H and O–H groups in total. The zero-order valence-electron chi connectivity index (χ0n) is 15.5. The second-order valence-corrected chi connectivity index (χ2v) is 6.33. The molecule has 0 spiro atoms. The van der Waals surface area contributed by atoms with Crippen LogP contribution in [0.25, 0.3) is 29.1 Å². The van der Waals surface area contributed by atoms with E-state index in [9.17, 15) is 5.11 Å². The quantitative estimate of drug-likeness (QED) is 0.511. The maximum Gasteiger partial charge on any atom is 0.124 e. The topological polar surface area (TPSA) is 47.3 Å². The first-order chi connectivity index (χ1) is 13.7. The summed E-state index contributed by atoms with van der Waals surface area (Å²) in [5, 5.41) is 15.1. The van der Waals surface area contributed by atoms with Crippen LogP contribution in [0.2, 0.25) is 0 Å². The Morgan fingerprint density at radius 2 is 1.64 bits per heavy atom. The molecular weight excluding hydrogens is 348 g/mol. The lowest BCUT2D eigenvalue weighted by Gasteiger charge is -2.08. The zero-order valence-corrected chi connectivity index (χ0v) is 15.5. The van der Waals surface area contributed by atoms with Crippen molar-refractivity contribution in [3.63, 3.8) is 0 Å². The molecule has 0 amide bonds. The standard InChI is InChI=1S/C24H20N2O2/c1-28-21-11-7-8-18(16-21)14-15-19-17-23(22-12-5-6-13-24(22)27)26(25-19)20-9-3-2-4-10-20/h2-17,27H,1H3/b15-14+. The van der Waals surface area contributed by atoms with Crippen molar-refractivity contribution < 1.29 is 9.84 Å². The zero-order chi connectivity index (χ0) is 19.3. The second kappa shape index (κ2) is 7.84. The molecule has 0 saturated heterocycles. The molecule has 0 radical (unpaired) electrons. The van der Waals surface area contributed by atoms with E-state index < -0.39 is 0 Å². The summed E-state index contributed by atoms with van der Waals surface area (Å²) in [6, 6.07) is 27.0. The SMILES string of the molecule is COc1cccc(/C=C/c2cc(-c3ccccc3O)n(-c3ccccc3)n2)c1. The predicted molar refractivity (Wildman–Crippen MR) is 113 cm³/mol. The largest absolute Gasteiger partial charge is 0.507 e. The molecule has 1 heterocycles. The van der Waals surface area contributed by atoms with Gasteiger partial charge in [-0.05, 0) is 54.1 Å². The van der Waals surface area contributed by atoms with Gasteiger partial charge in [-0.15, -0.1) is 0 Å². The number of nitrogens with zero attached hydrogens (tertiary/aromatic N) is 2. The van der Waals surface area contributed by atoms with Crippen molar-refractivity contribution in [2.75, 3.05) is 7.11 Å². The third kappa shape index (κ3) is 3.67. The number of benzene rings is 3. The van der Waals surface area contributed by atoms with Gasteiger partial charge in [0.1, 0.15) is 11.5 Å². The van der Waals surface area contributed by atoms with Gasteiger partial charge in [0.25, 0.3) is 0 Å². The smallest absolute Gasteiger partial charge is 0.124 e. The van der Waals surface area contributed by atoms with Crippen molar-refractivity contribution in [2.24, 2.45) is 0 Å². The van der Waals surface area contributed by atoms with Crippen LogP contribution in [0.1, 0.15) is 11.3 Å². The molecule has 1 aromatic heterocycles. The van der Waals surface area contributed by atoms with Crippen molar-refractivity contribution in [2.45, 2.75) is 0 Å². The van der Waals surface area contributed by atoms with Crippen molar-refractivity contribution in [3.05, 3.63) is 96.2 Å². The summed E-state index contributed by atoms with van der Waals surface area (Å²) in [7, 11) is 1.66. The number of aromatic nitrogens is 2. The molecule has 138 valence electrons. The van der Waals surface area contributed by atoms with Gasteiger partial charge in [-0.2, -0.15) is 5.10 Å². The van der Waals surface area contributed by atoms with E-state index in [4.69, 9.17) is 9.84 Å². The van der Waals surface area contributed by atoms with Gasteiger partial charge in [0.05, 0.1) is 24.2 Å². The fourth-order valence-corrected chi connectivity index (χ4v) is 3.06. The predicted octanol–water partition coefficient (Wildman–Crippen LogP) is 5.42. The van der Waals surface area contributed by atoms with Gasteiger partial charge in [0.2, 0.25) is 0 Å². The van der Waals surface area contributed by atoms with Crippen LogP contribution >= 0.6 is 0 Å². The Balaban J connectivity index is 1.77. The summed E-state index contributed by atoms with van der Waals surface area (Å²) in [6.45, 7) is 0. The molecule has 3 aromatic carbocycles. The summed E-state index contributed by atoms with van der Waals surface area (Å²) in [4.78, 5) is 0. The Bertz CT molecular complexity index is 1110. The average molecular weight is 368 g/mol. The van der Waals surface area contributed by atoms with E-state index in [1.54, 1.807) is 13.2 Å². The van der Waals surface area contributed by atoms with Crippen molar-refractivity contribution in [1.29, 1.82) is 0 Å². The summed E-state index contributed by atoms with van der Waals surface area (Å²) in [5.41, 5.74) is 4.32. The van der Waals surface area contributed by atoms with Crippen LogP contribution in [-0.2, 0) is 0 Å². The molecule has 0 aliphatic heterocycles. The number of rotatable bonds is 5. The van der Waals surface area contributed by atoms with Crippen molar-refractivity contribution >= 4 is 12.2 Å². The maximum atomic E-state index is 10.3. The summed E-state index contributed by atoms with van der Waals surface area (Å²) in [5.74, 6) is 1.04. The van der Waals surface area contributed by atoms with Crippen molar-refractivity contribution in [1.82, 2.24) is 9.78 Å². The fourth-order valence-electron chi connectivity index (χ4n) is 3.06. The van der Waals surface area contributed by atoms with Gasteiger partial charge in [-0.25, -0.2) is 4.68 Å². The van der Waals surface area contributed by atoms with Gasteiger partial charge >= 0.3 is 0 Å². The minimum atomic E-state index is 0.225. The minimum Gasteiger partial charge on any atom is -0.507 e. The van der Waals surface area contributed by atoms with Gasteiger partial charge in [-0.1, -0.05) is 48.5 Å². The number of aromatic hydroxyl groups is 1. The molecular formula is C24H20N2O2. The molecule has 0 aliphatic rings. The number of hydrogen-bond donors (Lipinski definition) is 1. The first kappa shape index (κ1) is 17.6. The second-order valence-electron chi connectivity index (χ2n) is 6.33. The van der Waals surface area contributed by atoms with E-state index in [1.165, 1.54) is 0 Å². The lowest BCUT2D eigenvalue weighted by molar-refractivity contribution is 0.414. The van der Waals surface area contributed by atoms with Crippen LogP contribution in [0.3, 0.4) is 0 Å². The summed E-state index contributed by atoms with van der Waals surface area (Å²) < 4.78 is 7.13. The summed E-state index contributed by atoms with van der Waals surface area (Å²) >= 11 is 0. The molecule has 0 atom stereocenters. The number of para-hydroxylation sites is 2. The molecule has 0 unspecified atom stereocenters. The molecule has 4 heteroatoms. The fraction of sp³-hybridized carbons (Fsp3) is 0.0417. The molecule has 28 heavy (non-hydrogen) atoms. The molecule has 4 nitrogen and oxygen atoms in total. The lowest BCUT2D eigenvalue weighted by atomic mass is 10.1. The first-order valence-electron chi connectivity index (χ1n) is 9.00. The number of ether oxygens (including phenoxy) is 1. The van der Waals surface area contributed by atoms with E-state index in [0.29, 0.717) is 0 Å². The van der Waals surface area contributed by atoms with E-state index >= 15 is 0 Å². The molecule has 4 rings (SSSR count). The Kier molecular flexibility index (Phi) is 4.93. The molecule has 0 saturated carbocycles. The van der Waals surface area contributed by atoms with Crippen molar-refractivity contribution in [3.8, 4) is 28.4 Å². The highest BCUT2D eigenvalue weighted by atomic mass is 16.5. The lowest BCUT2D eigenvalue weighted by Crippen LogP contribution is -1.98. The number of methoxy groups -OCH3 is 1. The Morgan fingerprint density at radius 1 is 0.857 bits per heavy atom. The highest BCUT2D eigenvalue weighted by molar-refractivity contribution is 5.74. The van der Waals surface area contributed by atoms with Crippen LogP contribution in [0.15, 0.2) is 84.9 Å². The van der Waals surface area contributed by atoms with Gasteiger partial charge in [0, 0.05) is 5.56 Å². The number of phenolic OH excluding ortho intramolecular Hbond substituents is 1. The van der Waals surface area contributed by atoms with Crippen LogP contribution < -0.4 is 4.74 Å². The third-order valence-corrected chi connectivity index (χ3v) is 4.45. The third-order valence-electron chi connectivity index (χ3n) is 4.45. The highest BCUT2D eigenvalue weighted by Gasteiger charge is 2.13. The van der Waals surface area contributed by atoms with E-state index in [-0.39, 0.29) is 5.75 Å². The molecule has 0 fully saturated rings. The maximum absolute atomic E-state index is 10.3. The van der Waals surface area contributed by atoms with Crippen LogP contribution in [0, 0.1) is 0 Å². The first-order valence-corrected chi connectivity index (χ1v) is 9.00.